The summed E-state index contributed by atoms with van der Waals surface area (Å²) in [7, 11) is 0. The van der Waals surface area contributed by atoms with Gasteiger partial charge < -0.3 is 38.3 Å². The van der Waals surface area contributed by atoms with Crippen LogP contribution in [-0.4, -0.2) is 71.7 Å². The summed E-state index contributed by atoms with van der Waals surface area (Å²) in [6, 6.07) is -2.87. The zero-order chi connectivity index (χ0) is 22.6. The molecule has 3 amide bonds. The van der Waals surface area contributed by atoms with Crippen LogP contribution in [0, 0.1) is 5.92 Å². The first-order valence-electron chi connectivity index (χ1n) is 9.01. The van der Waals surface area contributed by atoms with Gasteiger partial charge in [-0.15, -0.1) is 0 Å². The van der Waals surface area contributed by atoms with Gasteiger partial charge in [0.2, 0.25) is 17.7 Å². The Morgan fingerprint density at radius 2 is 1.69 bits per heavy atom. The van der Waals surface area contributed by atoms with E-state index in [9.17, 15) is 19.2 Å². The summed E-state index contributed by atoms with van der Waals surface area (Å²) in [6.07, 6.45) is 0.794. The molecule has 0 spiro atoms. The molecule has 10 N–H and O–H groups in total. The second-order valence-electron chi connectivity index (χ2n) is 6.64. The highest BCUT2D eigenvalue weighted by Gasteiger charge is 2.29. The number of rotatable bonds is 13. The molecular formula is C16H31N7O5S. The van der Waals surface area contributed by atoms with Crippen molar-refractivity contribution in [1.82, 2.24) is 16.0 Å². The number of hydrogen-bond donors (Lipinski definition) is 8. The molecule has 0 saturated heterocycles. The zero-order valence-electron chi connectivity index (χ0n) is 16.6. The average Bonchev–Trinajstić information content (AvgIpc) is 2.64. The molecule has 0 aromatic heterocycles. The third kappa shape index (κ3) is 11.1. The first kappa shape index (κ1) is 26.5. The van der Waals surface area contributed by atoms with Crippen molar-refractivity contribution in [1.29, 1.82) is 0 Å². The van der Waals surface area contributed by atoms with Crippen LogP contribution >= 0.6 is 12.6 Å². The number of thiol groups is 1. The van der Waals surface area contributed by atoms with Crippen LogP contribution in [-0.2, 0) is 19.2 Å². The van der Waals surface area contributed by atoms with Gasteiger partial charge in [-0.25, -0.2) is 0 Å². The zero-order valence-corrected chi connectivity index (χ0v) is 17.4. The van der Waals surface area contributed by atoms with E-state index in [1.54, 1.807) is 13.8 Å². The number of amides is 3. The summed E-state index contributed by atoms with van der Waals surface area (Å²) in [5, 5.41) is 15.8. The maximum Gasteiger partial charge on any atom is 0.322 e. The van der Waals surface area contributed by atoms with Crippen LogP contribution in [0.2, 0.25) is 0 Å². The molecule has 0 aliphatic rings. The Hall–Kier alpha value is -2.54. The van der Waals surface area contributed by atoms with Gasteiger partial charge in [-0.1, -0.05) is 13.8 Å². The van der Waals surface area contributed by atoms with E-state index in [1.165, 1.54) is 0 Å². The molecule has 0 aliphatic carbocycles. The van der Waals surface area contributed by atoms with E-state index >= 15 is 0 Å². The lowest BCUT2D eigenvalue weighted by atomic mass is 10.0. The van der Waals surface area contributed by atoms with Gasteiger partial charge in [0.1, 0.15) is 18.6 Å². The molecular weight excluding hydrogens is 402 g/mol. The van der Waals surface area contributed by atoms with Crippen molar-refractivity contribution < 1.29 is 24.3 Å². The number of hydrogen-bond acceptors (Lipinski definition) is 7. The molecule has 0 fully saturated rings. The lowest BCUT2D eigenvalue weighted by molar-refractivity contribution is -0.138. The third-order valence-electron chi connectivity index (χ3n) is 3.78. The van der Waals surface area contributed by atoms with Crippen molar-refractivity contribution in [3.63, 3.8) is 0 Å². The van der Waals surface area contributed by atoms with E-state index in [-0.39, 0.29) is 17.6 Å². The van der Waals surface area contributed by atoms with E-state index < -0.39 is 48.4 Å². The molecule has 3 atom stereocenters. The Kier molecular flexibility index (Phi) is 12.4. The fourth-order valence-electron chi connectivity index (χ4n) is 2.19. The Labute approximate surface area is 174 Å². The van der Waals surface area contributed by atoms with Crippen LogP contribution < -0.4 is 33.2 Å². The minimum Gasteiger partial charge on any atom is -0.480 e. The topological polar surface area (TPSA) is 215 Å². The molecule has 0 aliphatic heterocycles. The molecule has 0 aromatic rings. The van der Waals surface area contributed by atoms with Crippen LogP contribution in [0.3, 0.4) is 0 Å². The van der Waals surface area contributed by atoms with Gasteiger partial charge >= 0.3 is 5.97 Å². The normalized spacial score (nSPS) is 13.7. The summed E-state index contributed by atoms with van der Waals surface area (Å²) < 4.78 is 0. The van der Waals surface area contributed by atoms with Crippen molar-refractivity contribution in [3.8, 4) is 0 Å². The molecule has 3 unspecified atom stereocenters. The molecule has 0 heterocycles. The molecule has 166 valence electrons. The highest BCUT2D eigenvalue weighted by Crippen LogP contribution is 2.05. The SMILES string of the molecule is CC(C)C(NC(=O)C(N)CCCN=C(N)N)C(=O)NC(CS)C(=O)NCC(=O)O. The summed E-state index contributed by atoms with van der Waals surface area (Å²) in [4.78, 5) is 51.1. The van der Waals surface area contributed by atoms with E-state index in [1.807, 2.05) is 0 Å². The number of guanidine groups is 1. The number of carboxylic acids is 1. The molecule has 0 bridgehead atoms. The predicted octanol–water partition coefficient (Wildman–Crippen LogP) is -2.88. The number of carbonyl (C=O) groups is 4. The molecule has 13 heteroatoms. The monoisotopic (exact) mass is 433 g/mol. The highest BCUT2D eigenvalue weighted by atomic mass is 32.1. The van der Waals surface area contributed by atoms with E-state index in [0.717, 1.165) is 0 Å². The Morgan fingerprint density at radius 1 is 1.07 bits per heavy atom. The fourth-order valence-corrected chi connectivity index (χ4v) is 2.44. The summed E-state index contributed by atoms with van der Waals surface area (Å²) >= 11 is 4.00. The molecule has 0 aromatic carbocycles. The van der Waals surface area contributed by atoms with Crippen LogP contribution in [0.5, 0.6) is 0 Å². The van der Waals surface area contributed by atoms with Crippen molar-refractivity contribution in [2.75, 3.05) is 18.8 Å². The number of aliphatic carboxylic acids is 1. The summed E-state index contributed by atoms with van der Waals surface area (Å²) in [6.45, 7) is 3.18. The van der Waals surface area contributed by atoms with Crippen molar-refractivity contribution in [3.05, 3.63) is 0 Å². The quantitative estimate of drug-likeness (QED) is 0.0651. The highest BCUT2D eigenvalue weighted by molar-refractivity contribution is 7.80. The second kappa shape index (κ2) is 13.6. The molecule has 29 heavy (non-hydrogen) atoms. The third-order valence-corrected chi connectivity index (χ3v) is 4.15. The standard InChI is InChI=1S/C16H31N7O5S/c1-8(2)12(23-13(26)9(17)4-3-5-20-16(18)19)15(28)22-10(7-29)14(27)21-6-11(24)25/h8-10,12,29H,3-7,17H2,1-2H3,(H,21,27)(H,22,28)(H,23,26)(H,24,25)(H4,18,19,20). The van der Waals surface area contributed by atoms with Gasteiger partial charge in [-0.2, -0.15) is 12.6 Å². The molecule has 0 rings (SSSR count). The van der Waals surface area contributed by atoms with E-state index in [4.69, 9.17) is 22.3 Å². The largest absolute Gasteiger partial charge is 0.480 e. The van der Waals surface area contributed by atoms with Crippen LogP contribution in [0.25, 0.3) is 0 Å². The van der Waals surface area contributed by atoms with E-state index in [2.05, 4.69) is 33.6 Å². The maximum absolute atomic E-state index is 12.5. The van der Waals surface area contributed by atoms with Gasteiger partial charge in [0.15, 0.2) is 5.96 Å². The summed E-state index contributed by atoms with van der Waals surface area (Å²) in [5.74, 6) is -3.45. The number of nitrogens with one attached hydrogen (secondary N) is 3. The fraction of sp³-hybridized carbons (Fsp3) is 0.688. The van der Waals surface area contributed by atoms with Crippen molar-refractivity contribution >= 4 is 42.3 Å². The smallest absolute Gasteiger partial charge is 0.322 e. The summed E-state index contributed by atoms with van der Waals surface area (Å²) in [5.41, 5.74) is 16.3. The number of aliphatic imine (C=N–C) groups is 1. The molecule has 0 saturated carbocycles. The lowest BCUT2D eigenvalue weighted by Crippen LogP contribution is -2.58. The first-order valence-corrected chi connectivity index (χ1v) is 9.64. The minimum absolute atomic E-state index is 0.0503. The van der Waals surface area contributed by atoms with Gasteiger partial charge in [0, 0.05) is 12.3 Å². The number of carboxylic acid groups (broad SMARTS) is 1. The molecule has 12 nitrogen and oxygen atoms in total. The lowest BCUT2D eigenvalue weighted by Gasteiger charge is -2.25. The predicted molar refractivity (Wildman–Crippen MR) is 111 cm³/mol. The van der Waals surface area contributed by atoms with Crippen LogP contribution in [0.1, 0.15) is 26.7 Å². The van der Waals surface area contributed by atoms with Gasteiger partial charge in [-0.05, 0) is 18.8 Å². The Balaban J connectivity index is 4.82. The van der Waals surface area contributed by atoms with Gasteiger partial charge in [0.05, 0.1) is 6.04 Å². The minimum atomic E-state index is -1.22. The van der Waals surface area contributed by atoms with Crippen molar-refractivity contribution in [2.24, 2.45) is 28.1 Å². The number of nitrogens with zero attached hydrogens (tertiary/aromatic N) is 1. The Bertz CT molecular complexity index is 610. The van der Waals surface area contributed by atoms with Crippen LogP contribution in [0.4, 0.5) is 0 Å². The second-order valence-corrected chi connectivity index (χ2v) is 7.01. The maximum atomic E-state index is 12.5. The first-order chi connectivity index (χ1) is 13.5. The number of nitrogens with two attached hydrogens (primary N) is 3. The van der Waals surface area contributed by atoms with Crippen LogP contribution in [0.15, 0.2) is 4.99 Å². The molecule has 0 radical (unpaired) electrons. The van der Waals surface area contributed by atoms with E-state index in [0.29, 0.717) is 19.4 Å². The van der Waals surface area contributed by atoms with Gasteiger partial charge in [-0.3, -0.25) is 24.2 Å². The number of carbonyl (C=O) groups excluding carboxylic acids is 3. The Morgan fingerprint density at radius 3 is 2.17 bits per heavy atom. The van der Waals surface area contributed by atoms with Crippen molar-refractivity contribution in [2.45, 2.75) is 44.8 Å². The van der Waals surface area contributed by atoms with Gasteiger partial charge in [0.25, 0.3) is 0 Å². The average molecular weight is 434 g/mol.